The predicted molar refractivity (Wildman–Crippen MR) is 36.0 cm³/mol. The van der Waals surface area contributed by atoms with E-state index in [1.807, 2.05) is 0 Å². The monoisotopic (exact) mass is 121 g/mol. The highest BCUT2D eigenvalue weighted by Gasteiger charge is 1.91. The van der Waals surface area contributed by atoms with Crippen LogP contribution in [0.3, 0.4) is 0 Å². The van der Waals surface area contributed by atoms with Crippen molar-refractivity contribution in [1.29, 1.82) is 0 Å². The molecule has 0 saturated heterocycles. The second-order valence-corrected chi connectivity index (χ2v) is 1.66. The van der Waals surface area contributed by atoms with Crippen molar-refractivity contribution < 1.29 is 5.11 Å². The molecule has 0 aliphatic carbocycles. The number of anilines is 1. The lowest BCUT2D eigenvalue weighted by atomic mass is 10.3. The summed E-state index contributed by atoms with van der Waals surface area (Å²) in [6.07, 6.45) is 0. The van der Waals surface area contributed by atoms with Gasteiger partial charge in [0.1, 0.15) is 5.75 Å². The predicted octanol–water partition coefficient (Wildman–Crippen LogP) is 1.47. The molecule has 1 rings (SSSR count). The van der Waals surface area contributed by atoms with Gasteiger partial charge in [-0.3, -0.25) is 0 Å². The van der Waals surface area contributed by atoms with E-state index in [4.69, 9.17) is 12.2 Å². The van der Waals surface area contributed by atoms with E-state index in [0.717, 1.165) is 0 Å². The molecule has 2 nitrogen and oxygen atoms in total. The molecule has 2 heteroatoms. The van der Waals surface area contributed by atoms with Gasteiger partial charge in [0.15, 0.2) is 0 Å². The molecule has 0 atom stereocenters. The maximum atomic E-state index is 8.97. The zero-order valence-corrected chi connectivity index (χ0v) is 4.83. The van der Waals surface area contributed by atoms with Crippen LogP contribution in [0.1, 0.15) is 0 Å². The summed E-state index contributed by atoms with van der Waals surface area (Å²) in [4.78, 5) is 0. The van der Waals surface area contributed by atoms with Gasteiger partial charge in [-0.2, -0.15) is 0 Å². The summed E-state index contributed by atoms with van der Waals surface area (Å²) in [6, 6.07) is 6.77. The first-order valence-electron chi connectivity index (χ1n) is 2.59. The lowest BCUT2D eigenvalue weighted by molar-refractivity contribution is 0.477. The molecule has 0 saturated carbocycles. The molecule has 46 valence electrons. The SMILES string of the molecule is [CH]Nc1ccccc1O. The number of aromatic hydroxyl groups is 1. The van der Waals surface area contributed by atoms with E-state index in [1.165, 1.54) is 0 Å². The molecule has 9 heavy (non-hydrogen) atoms. The fourth-order valence-corrected chi connectivity index (χ4v) is 0.596. The molecular formula is C7H7NO. The average Bonchev–Trinajstić information content (AvgIpc) is 1.89. The molecule has 0 aliphatic rings. The van der Waals surface area contributed by atoms with Gasteiger partial charge in [0.2, 0.25) is 0 Å². The second kappa shape index (κ2) is 2.40. The van der Waals surface area contributed by atoms with Gasteiger partial charge in [0, 0.05) is 0 Å². The molecular weight excluding hydrogens is 114 g/mol. The Morgan fingerprint density at radius 2 is 2.00 bits per heavy atom. The average molecular weight is 121 g/mol. The van der Waals surface area contributed by atoms with Crippen molar-refractivity contribution in [2.24, 2.45) is 0 Å². The van der Waals surface area contributed by atoms with Crippen LogP contribution in [-0.4, -0.2) is 5.11 Å². The Labute approximate surface area is 54.1 Å². The van der Waals surface area contributed by atoms with Crippen LogP contribution in [0.5, 0.6) is 5.75 Å². The highest BCUT2D eigenvalue weighted by atomic mass is 16.3. The standard InChI is InChI=1S/C7H7NO/c1-8-6-4-2-3-5-7(6)9/h1-5,8-9H. The van der Waals surface area contributed by atoms with Crippen molar-refractivity contribution in [3.8, 4) is 5.75 Å². The molecule has 0 spiro atoms. The fourth-order valence-electron chi connectivity index (χ4n) is 0.596. The Bertz CT molecular complexity index is 198. The number of hydrogen-bond donors (Lipinski definition) is 2. The minimum absolute atomic E-state index is 0.167. The van der Waals surface area contributed by atoms with Crippen molar-refractivity contribution in [3.05, 3.63) is 31.3 Å². The van der Waals surface area contributed by atoms with E-state index in [2.05, 4.69) is 5.32 Å². The molecule has 0 aromatic heterocycles. The van der Waals surface area contributed by atoms with Gasteiger partial charge >= 0.3 is 0 Å². The van der Waals surface area contributed by atoms with Crippen molar-refractivity contribution in [1.82, 2.24) is 0 Å². The first kappa shape index (κ1) is 5.95. The zero-order chi connectivity index (χ0) is 6.69. The van der Waals surface area contributed by atoms with E-state index in [9.17, 15) is 0 Å². The molecule has 0 unspecified atom stereocenters. The van der Waals surface area contributed by atoms with Crippen LogP contribution in [0, 0.1) is 7.05 Å². The number of para-hydroxylation sites is 2. The maximum absolute atomic E-state index is 8.97. The first-order valence-corrected chi connectivity index (χ1v) is 2.59. The smallest absolute Gasteiger partial charge is 0.138 e. The summed E-state index contributed by atoms with van der Waals surface area (Å²) in [6.45, 7) is 0. The van der Waals surface area contributed by atoms with E-state index in [1.54, 1.807) is 24.3 Å². The summed E-state index contributed by atoms with van der Waals surface area (Å²) in [7, 11) is 5.04. The Morgan fingerprint density at radius 3 is 2.44 bits per heavy atom. The number of rotatable bonds is 1. The van der Waals surface area contributed by atoms with Crippen LogP contribution in [-0.2, 0) is 0 Å². The van der Waals surface area contributed by atoms with Crippen LogP contribution >= 0.6 is 0 Å². The maximum Gasteiger partial charge on any atom is 0.138 e. The van der Waals surface area contributed by atoms with Gasteiger partial charge in [0.25, 0.3) is 0 Å². The minimum atomic E-state index is 0.167. The van der Waals surface area contributed by atoms with E-state index >= 15 is 0 Å². The van der Waals surface area contributed by atoms with Crippen LogP contribution in [0.25, 0.3) is 0 Å². The van der Waals surface area contributed by atoms with Crippen molar-refractivity contribution in [3.63, 3.8) is 0 Å². The summed E-state index contributed by atoms with van der Waals surface area (Å²) in [5.41, 5.74) is 0.539. The lowest BCUT2D eigenvalue weighted by Crippen LogP contribution is -1.82. The summed E-state index contributed by atoms with van der Waals surface area (Å²) in [5, 5.41) is 11.3. The van der Waals surface area contributed by atoms with Gasteiger partial charge in [-0.1, -0.05) is 12.1 Å². The highest BCUT2D eigenvalue weighted by Crippen LogP contribution is 2.20. The molecule has 0 amide bonds. The normalized spacial score (nSPS) is 9.00. The van der Waals surface area contributed by atoms with Crippen molar-refractivity contribution in [2.45, 2.75) is 0 Å². The first-order chi connectivity index (χ1) is 4.34. The summed E-state index contributed by atoms with van der Waals surface area (Å²) >= 11 is 0. The quantitative estimate of drug-likeness (QED) is 0.435. The van der Waals surface area contributed by atoms with Crippen LogP contribution in [0.4, 0.5) is 5.69 Å². The number of nitrogens with one attached hydrogen (secondary N) is 1. The number of phenolic OH excluding ortho intramolecular Hbond substituents is 1. The largest absolute Gasteiger partial charge is 0.506 e. The lowest BCUT2D eigenvalue weighted by Gasteiger charge is -1.99. The molecule has 0 bridgehead atoms. The molecule has 0 aliphatic heterocycles. The number of hydrogen-bond acceptors (Lipinski definition) is 2. The molecule has 2 N–H and O–H groups in total. The van der Waals surface area contributed by atoms with Crippen molar-refractivity contribution >= 4 is 5.69 Å². The van der Waals surface area contributed by atoms with Gasteiger partial charge in [-0.25, -0.2) is 0 Å². The van der Waals surface area contributed by atoms with Gasteiger partial charge in [0.05, 0.1) is 12.7 Å². The van der Waals surface area contributed by atoms with Gasteiger partial charge in [-0.15, -0.1) is 0 Å². The van der Waals surface area contributed by atoms with Crippen LogP contribution < -0.4 is 5.32 Å². The second-order valence-electron chi connectivity index (χ2n) is 1.66. The minimum Gasteiger partial charge on any atom is -0.506 e. The third-order valence-corrected chi connectivity index (χ3v) is 1.06. The Balaban J connectivity index is 3.01. The molecule has 0 fully saturated rings. The van der Waals surface area contributed by atoms with E-state index < -0.39 is 0 Å². The van der Waals surface area contributed by atoms with Crippen LogP contribution in [0.15, 0.2) is 24.3 Å². The van der Waals surface area contributed by atoms with E-state index in [0.29, 0.717) is 5.69 Å². The Kier molecular flexibility index (Phi) is 1.58. The summed E-state index contributed by atoms with van der Waals surface area (Å²) in [5.74, 6) is 0.167. The highest BCUT2D eigenvalue weighted by molar-refractivity contribution is 5.55. The Hall–Kier alpha value is -1.18. The van der Waals surface area contributed by atoms with E-state index in [-0.39, 0.29) is 5.75 Å². The topological polar surface area (TPSA) is 32.3 Å². The van der Waals surface area contributed by atoms with Crippen molar-refractivity contribution in [2.75, 3.05) is 5.32 Å². The molecule has 2 radical (unpaired) electrons. The van der Waals surface area contributed by atoms with Crippen LogP contribution in [0.2, 0.25) is 0 Å². The van der Waals surface area contributed by atoms with Gasteiger partial charge in [-0.05, 0) is 12.1 Å². The third kappa shape index (κ3) is 1.13. The number of benzene rings is 1. The molecule has 1 aromatic carbocycles. The summed E-state index contributed by atoms with van der Waals surface area (Å²) < 4.78 is 0. The molecule has 0 heterocycles. The molecule has 1 aromatic rings. The zero-order valence-electron chi connectivity index (χ0n) is 4.83. The third-order valence-electron chi connectivity index (χ3n) is 1.06. The number of phenols is 1. The Morgan fingerprint density at radius 1 is 1.33 bits per heavy atom. The van der Waals surface area contributed by atoms with Gasteiger partial charge < -0.3 is 10.4 Å². The fraction of sp³-hybridized carbons (Fsp3) is 0.